The summed E-state index contributed by atoms with van der Waals surface area (Å²) in [5, 5.41) is 9.29. The average molecular weight is 275 g/mol. The van der Waals surface area contributed by atoms with E-state index in [1.54, 1.807) is 0 Å². The van der Waals surface area contributed by atoms with Gasteiger partial charge in [-0.25, -0.2) is 0 Å². The molecule has 0 aliphatic heterocycles. The van der Waals surface area contributed by atoms with Crippen LogP contribution in [0.4, 0.5) is 0 Å². The molecule has 0 heterocycles. The van der Waals surface area contributed by atoms with Gasteiger partial charge in [0, 0.05) is 12.1 Å². The summed E-state index contributed by atoms with van der Waals surface area (Å²) in [7, 11) is 0. The zero-order valence-corrected chi connectivity index (χ0v) is 13.4. The summed E-state index contributed by atoms with van der Waals surface area (Å²) in [4.78, 5) is 0. The number of unbranched alkanes of at least 4 members (excludes halogenated alkanes) is 3. The fourth-order valence-electron chi connectivity index (χ4n) is 2.87. The molecule has 0 rings (SSSR count). The summed E-state index contributed by atoms with van der Waals surface area (Å²) in [6, 6.07) is 0. The van der Waals surface area contributed by atoms with Crippen molar-refractivity contribution < 1.29 is 10.6 Å². The average Bonchev–Trinajstić information content (AvgIpc) is 2.38. The van der Waals surface area contributed by atoms with E-state index in [0.717, 1.165) is 19.3 Å². The molecule has 0 aliphatic rings. The summed E-state index contributed by atoms with van der Waals surface area (Å²) in [6.07, 6.45) is 11.6. The van der Waals surface area contributed by atoms with E-state index < -0.39 is 0 Å². The molecule has 0 radical (unpaired) electrons. The fourth-order valence-corrected chi connectivity index (χ4v) is 2.87. The van der Waals surface area contributed by atoms with Crippen molar-refractivity contribution in [3.05, 3.63) is 0 Å². The predicted molar refractivity (Wildman–Crippen MR) is 84.3 cm³/mol. The third kappa shape index (κ3) is 8.61. The van der Waals surface area contributed by atoms with Gasteiger partial charge >= 0.3 is 0 Å². The first-order valence-corrected chi connectivity index (χ1v) is 8.04. The van der Waals surface area contributed by atoms with E-state index >= 15 is 0 Å². The standard InChI is InChI=1S/C16H35NO.H2O/c1-4-7-10-15(11-14-18)16(17,12-8-5-2)13-9-6-3;/h15,18H,4-14,17H2,1-3H3;1H2. The fraction of sp³-hybridized carbons (Fsp3) is 1.00. The molecular weight excluding hydrogens is 238 g/mol. The molecule has 3 nitrogen and oxygen atoms in total. The van der Waals surface area contributed by atoms with Gasteiger partial charge in [-0.2, -0.15) is 0 Å². The Bertz CT molecular complexity index is 178. The molecule has 0 aromatic rings. The first-order chi connectivity index (χ1) is 8.64. The van der Waals surface area contributed by atoms with E-state index in [9.17, 15) is 5.11 Å². The first kappa shape index (κ1) is 21.2. The molecule has 5 N–H and O–H groups in total. The SMILES string of the molecule is CCCCC(CCO)C(N)(CCCC)CCCC.O. The molecule has 0 amide bonds. The van der Waals surface area contributed by atoms with Gasteiger partial charge in [-0.05, 0) is 31.6 Å². The highest BCUT2D eigenvalue weighted by Crippen LogP contribution is 2.33. The van der Waals surface area contributed by atoms with Crippen molar-refractivity contribution in [2.75, 3.05) is 6.61 Å². The number of hydrogen-bond donors (Lipinski definition) is 2. The van der Waals surface area contributed by atoms with Crippen LogP contribution in [0.3, 0.4) is 0 Å². The van der Waals surface area contributed by atoms with Crippen molar-refractivity contribution in [3.8, 4) is 0 Å². The zero-order chi connectivity index (χ0) is 13.9. The lowest BCUT2D eigenvalue weighted by Gasteiger charge is -2.38. The maximum atomic E-state index is 9.29. The molecule has 19 heavy (non-hydrogen) atoms. The van der Waals surface area contributed by atoms with Crippen molar-refractivity contribution in [2.45, 2.75) is 90.5 Å². The molecule has 0 saturated carbocycles. The Labute approximate surface area is 120 Å². The van der Waals surface area contributed by atoms with Crippen LogP contribution in [0.2, 0.25) is 0 Å². The number of nitrogens with two attached hydrogens (primary N) is 1. The highest BCUT2D eigenvalue weighted by atomic mass is 16.3. The van der Waals surface area contributed by atoms with Gasteiger partial charge in [0.15, 0.2) is 0 Å². The second-order valence-corrected chi connectivity index (χ2v) is 5.79. The van der Waals surface area contributed by atoms with Gasteiger partial charge in [0.2, 0.25) is 0 Å². The molecule has 0 spiro atoms. The Balaban J connectivity index is 0. The molecule has 1 atom stereocenters. The molecule has 0 aliphatic carbocycles. The molecule has 1 unspecified atom stereocenters. The Hall–Kier alpha value is -0.120. The van der Waals surface area contributed by atoms with Crippen LogP contribution in [0.5, 0.6) is 0 Å². The number of hydrogen-bond acceptors (Lipinski definition) is 2. The van der Waals surface area contributed by atoms with Crippen LogP contribution in [0.15, 0.2) is 0 Å². The number of rotatable bonds is 12. The quantitative estimate of drug-likeness (QED) is 0.572. The molecular formula is C16H37NO2. The van der Waals surface area contributed by atoms with Gasteiger partial charge < -0.3 is 16.3 Å². The number of aliphatic hydroxyl groups excluding tert-OH is 1. The lowest BCUT2D eigenvalue weighted by atomic mass is 9.73. The van der Waals surface area contributed by atoms with E-state index in [0.29, 0.717) is 5.92 Å². The normalized spacial score (nSPS) is 13.1. The van der Waals surface area contributed by atoms with Crippen molar-refractivity contribution in [2.24, 2.45) is 11.7 Å². The topological polar surface area (TPSA) is 77.8 Å². The van der Waals surface area contributed by atoms with Crippen LogP contribution in [0.25, 0.3) is 0 Å². The third-order valence-corrected chi connectivity index (χ3v) is 4.19. The van der Waals surface area contributed by atoms with Gasteiger partial charge in [0.1, 0.15) is 0 Å². The minimum Gasteiger partial charge on any atom is -0.412 e. The Morgan fingerprint density at radius 1 is 0.895 bits per heavy atom. The Kier molecular flexibility index (Phi) is 14.4. The van der Waals surface area contributed by atoms with E-state index in [1.807, 2.05) is 0 Å². The maximum Gasteiger partial charge on any atom is 0.0434 e. The van der Waals surface area contributed by atoms with Gasteiger partial charge in [-0.15, -0.1) is 0 Å². The van der Waals surface area contributed by atoms with Crippen LogP contribution in [0.1, 0.15) is 85.0 Å². The van der Waals surface area contributed by atoms with Crippen LogP contribution in [0, 0.1) is 5.92 Å². The molecule has 118 valence electrons. The minimum atomic E-state index is -0.0378. The highest BCUT2D eigenvalue weighted by Gasteiger charge is 2.32. The Morgan fingerprint density at radius 2 is 1.37 bits per heavy atom. The number of aliphatic hydroxyl groups is 1. The Morgan fingerprint density at radius 3 is 1.74 bits per heavy atom. The minimum absolute atomic E-state index is 0. The lowest BCUT2D eigenvalue weighted by Crippen LogP contribution is -2.47. The summed E-state index contributed by atoms with van der Waals surface area (Å²) < 4.78 is 0. The first-order valence-electron chi connectivity index (χ1n) is 8.04. The predicted octanol–water partition coefficient (Wildman–Crippen LogP) is 3.43. The lowest BCUT2D eigenvalue weighted by molar-refractivity contribution is 0.160. The summed E-state index contributed by atoms with van der Waals surface area (Å²) in [6.45, 7) is 6.97. The summed E-state index contributed by atoms with van der Waals surface area (Å²) in [5.74, 6) is 0.501. The second kappa shape index (κ2) is 12.9. The van der Waals surface area contributed by atoms with Crippen LogP contribution >= 0.6 is 0 Å². The van der Waals surface area contributed by atoms with E-state index in [-0.39, 0.29) is 17.6 Å². The third-order valence-electron chi connectivity index (χ3n) is 4.19. The molecule has 0 bridgehead atoms. The molecule has 0 aromatic heterocycles. The zero-order valence-electron chi connectivity index (χ0n) is 13.4. The van der Waals surface area contributed by atoms with Gasteiger partial charge in [0.05, 0.1) is 0 Å². The smallest absolute Gasteiger partial charge is 0.0434 e. The van der Waals surface area contributed by atoms with Gasteiger partial charge in [0.25, 0.3) is 0 Å². The summed E-state index contributed by atoms with van der Waals surface area (Å²) >= 11 is 0. The van der Waals surface area contributed by atoms with Crippen LogP contribution in [-0.2, 0) is 0 Å². The van der Waals surface area contributed by atoms with Crippen molar-refractivity contribution in [1.82, 2.24) is 0 Å². The monoisotopic (exact) mass is 275 g/mol. The van der Waals surface area contributed by atoms with E-state index in [4.69, 9.17) is 5.73 Å². The van der Waals surface area contributed by atoms with Crippen molar-refractivity contribution in [3.63, 3.8) is 0 Å². The van der Waals surface area contributed by atoms with Gasteiger partial charge in [-0.1, -0.05) is 59.3 Å². The van der Waals surface area contributed by atoms with E-state index in [2.05, 4.69) is 20.8 Å². The largest absolute Gasteiger partial charge is 0.412 e. The van der Waals surface area contributed by atoms with Crippen molar-refractivity contribution >= 4 is 0 Å². The molecule has 0 aromatic carbocycles. The van der Waals surface area contributed by atoms with E-state index in [1.165, 1.54) is 44.9 Å². The molecule has 3 heteroatoms. The van der Waals surface area contributed by atoms with Crippen molar-refractivity contribution in [1.29, 1.82) is 0 Å². The highest BCUT2D eigenvalue weighted by molar-refractivity contribution is 4.91. The summed E-state index contributed by atoms with van der Waals surface area (Å²) in [5.41, 5.74) is 6.69. The van der Waals surface area contributed by atoms with Crippen LogP contribution in [-0.4, -0.2) is 22.7 Å². The molecule has 0 saturated heterocycles. The second-order valence-electron chi connectivity index (χ2n) is 5.79. The maximum absolute atomic E-state index is 9.29. The van der Waals surface area contributed by atoms with Crippen LogP contribution < -0.4 is 5.73 Å². The van der Waals surface area contributed by atoms with Gasteiger partial charge in [-0.3, -0.25) is 0 Å². The molecule has 0 fully saturated rings.